The topological polar surface area (TPSA) is 9.23 Å². The van der Waals surface area contributed by atoms with Gasteiger partial charge in [0.25, 0.3) is 0 Å². The number of allylic oxidation sites excluding steroid dienone is 1. The Morgan fingerprint density at radius 2 is 1.74 bits per heavy atom. The summed E-state index contributed by atoms with van der Waals surface area (Å²) >= 11 is 3.46. The van der Waals surface area contributed by atoms with Gasteiger partial charge in [-0.05, 0) is 48.3 Å². The second-order valence-corrected chi connectivity index (χ2v) is 12.2. The molecule has 0 amide bonds. The van der Waals surface area contributed by atoms with Crippen molar-refractivity contribution in [3.05, 3.63) is 40.4 Å². The lowest BCUT2D eigenvalue weighted by Gasteiger charge is -2.35. The normalized spacial score (nSPS) is 13.7. The standard InChI is InChI=1S/C16H25BrOSi/c1-13(14-7-9-15(17)10-8-14)11-12-18-19(5,6)16(2,3)4/h7-11H,12H2,1-6H3. The molecule has 0 N–H and O–H groups in total. The van der Waals surface area contributed by atoms with E-state index in [2.05, 4.69) is 87.1 Å². The fourth-order valence-corrected chi connectivity index (χ4v) is 2.62. The molecule has 1 rings (SSSR count). The van der Waals surface area contributed by atoms with Crippen LogP contribution < -0.4 is 0 Å². The minimum atomic E-state index is -1.63. The summed E-state index contributed by atoms with van der Waals surface area (Å²) in [7, 11) is -1.63. The predicted molar refractivity (Wildman–Crippen MR) is 90.9 cm³/mol. The van der Waals surface area contributed by atoms with E-state index in [1.807, 2.05) is 0 Å². The van der Waals surface area contributed by atoms with Crippen LogP contribution in [0.4, 0.5) is 0 Å². The average molecular weight is 341 g/mol. The van der Waals surface area contributed by atoms with E-state index in [1.165, 1.54) is 11.1 Å². The molecular formula is C16H25BrOSi. The lowest BCUT2D eigenvalue weighted by Crippen LogP contribution is -2.40. The van der Waals surface area contributed by atoms with Gasteiger partial charge in [0.15, 0.2) is 8.32 Å². The van der Waals surface area contributed by atoms with Crippen molar-refractivity contribution < 1.29 is 4.43 Å². The fraction of sp³-hybridized carbons (Fsp3) is 0.500. The Morgan fingerprint density at radius 3 is 2.21 bits per heavy atom. The molecule has 0 bridgehead atoms. The molecule has 3 heteroatoms. The van der Waals surface area contributed by atoms with Crippen molar-refractivity contribution in [1.29, 1.82) is 0 Å². The van der Waals surface area contributed by atoms with Gasteiger partial charge in [-0.2, -0.15) is 0 Å². The Balaban J connectivity index is 2.65. The second kappa shape index (κ2) is 6.38. The van der Waals surface area contributed by atoms with Crippen LogP contribution in [0.5, 0.6) is 0 Å². The maximum Gasteiger partial charge on any atom is 0.192 e. The molecule has 0 aliphatic carbocycles. The molecule has 1 aromatic carbocycles. The second-order valence-electron chi connectivity index (χ2n) is 6.47. The van der Waals surface area contributed by atoms with Crippen LogP contribution in [0.1, 0.15) is 33.3 Å². The van der Waals surface area contributed by atoms with E-state index < -0.39 is 8.32 Å². The van der Waals surface area contributed by atoms with Gasteiger partial charge in [-0.15, -0.1) is 0 Å². The third kappa shape index (κ3) is 4.90. The van der Waals surface area contributed by atoms with Gasteiger partial charge in [-0.3, -0.25) is 0 Å². The van der Waals surface area contributed by atoms with Crippen molar-refractivity contribution in [3.63, 3.8) is 0 Å². The first-order chi connectivity index (χ1) is 8.63. The van der Waals surface area contributed by atoms with Gasteiger partial charge in [0, 0.05) is 4.47 Å². The highest BCUT2D eigenvalue weighted by Crippen LogP contribution is 2.36. The highest BCUT2D eigenvalue weighted by Gasteiger charge is 2.36. The Labute approximate surface area is 127 Å². The lowest BCUT2D eigenvalue weighted by atomic mass is 10.1. The van der Waals surface area contributed by atoms with Crippen LogP contribution in [0.2, 0.25) is 18.1 Å². The molecule has 0 spiro atoms. The van der Waals surface area contributed by atoms with Gasteiger partial charge < -0.3 is 4.43 Å². The Kier molecular flexibility index (Phi) is 5.60. The SMILES string of the molecule is CC(=CCO[Si](C)(C)C(C)(C)C)c1ccc(Br)cc1. The van der Waals surface area contributed by atoms with Gasteiger partial charge in [0.2, 0.25) is 0 Å². The van der Waals surface area contributed by atoms with Crippen molar-refractivity contribution in [3.8, 4) is 0 Å². The third-order valence-corrected chi connectivity index (χ3v) is 8.97. The first-order valence-electron chi connectivity index (χ1n) is 6.70. The molecule has 0 fully saturated rings. The quantitative estimate of drug-likeness (QED) is 0.622. The van der Waals surface area contributed by atoms with Gasteiger partial charge in [-0.1, -0.05) is 54.9 Å². The zero-order valence-electron chi connectivity index (χ0n) is 12.9. The molecule has 0 radical (unpaired) electrons. The molecule has 1 nitrogen and oxygen atoms in total. The summed E-state index contributed by atoms with van der Waals surface area (Å²) < 4.78 is 7.28. The molecule has 0 heterocycles. The molecule has 0 aliphatic rings. The van der Waals surface area contributed by atoms with E-state index >= 15 is 0 Å². The van der Waals surface area contributed by atoms with Crippen molar-refractivity contribution in [2.45, 2.75) is 45.8 Å². The van der Waals surface area contributed by atoms with E-state index in [0.717, 1.165) is 4.47 Å². The molecule has 0 atom stereocenters. The summed E-state index contributed by atoms with van der Waals surface area (Å²) in [5.41, 5.74) is 2.52. The Hall–Kier alpha value is -0.383. The van der Waals surface area contributed by atoms with Gasteiger partial charge in [-0.25, -0.2) is 0 Å². The van der Waals surface area contributed by atoms with E-state index in [-0.39, 0.29) is 5.04 Å². The van der Waals surface area contributed by atoms with Crippen LogP contribution in [-0.2, 0) is 4.43 Å². The lowest BCUT2D eigenvalue weighted by molar-refractivity contribution is 0.328. The van der Waals surface area contributed by atoms with Crippen molar-refractivity contribution in [2.75, 3.05) is 6.61 Å². The van der Waals surface area contributed by atoms with E-state index in [4.69, 9.17) is 4.43 Å². The Morgan fingerprint density at radius 1 is 1.21 bits per heavy atom. The Bertz CT molecular complexity index is 441. The van der Waals surface area contributed by atoms with E-state index in [0.29, 0.717) is 6.61 Å². The summed E-state index contributed by atoms with van der Waals surface area (Å²) in [6.45, 7) is 14.2. The summed E-state index contributed by atoms with van der Waals surface area (Å²) in [5, 5.41) is 0.270. The largest absolute Gasteiger partial charge is 0.413 e. The number of rotatable bonds is 4. The average Bonchev–Trinajstić information content (AvgIpc) is 2.28. The zero-order valence-corrected chi connectivity index (χ0v) is 15.5. The van der Waals surface area contributed by atoms with Crippen LogP contribution in [0.25, 0.3) is 5.57 Å². The molecule has 0 aliphatic heterocycles. The van der Waals surface area contributed by atoms with Crippen molar-refractivity contribution >= 4 is 29.8 Å². The highest BCUT2D eigenvalue weighted by molar-refractivity contribution is 9.10. The van der Waals surface area contributed by atoms with Crippen molar-refractivity contribution in [2.24, 2.45) is 0 Å². The van der Waals surface area contributed by atoms with E-state index in [9.17, 15) is 0 Å². The summed E-state index contributed by atoms with van der Waals surface area (Å²) in [5.74, 6) is 0. The molecule has 1 aromatic rings. The minimum absolute atomic E-state index is 0.270. The van der Waals surface area contributed by atoms with E-state index in [1.54, 1.807) is 0 Å². The van der Waals surface area contributed by atoms with Crippen LogP contribution >= 0.6 is 15.9 Å². The molecule has 0 saturated carbocycles. The molecule has 0 saturated heterocycles. The molecule has 106 valence electrons. The van der Waals surface area contributed by atoms with Gasteiger partial charge in [0.05, 0.1) is 6.61 Å². The first kappa shape index (κ1) is 16.7. The van der Waals surface area contributed by atoms with Crippen LogP contribution in [0, 0.1) is 0 Å². The number of benzene rings is 1. The van der Waals surface area contributed by atoms with Crippen LogP contribution in [0.15, 0.2) is 34.8 Å². The monoisotopic (exact) mass is 340 g/mol. The summed E-state index contributed by atoms with van der Waals surface area (Å²) in [6, 6.07) is 8.40. The molecular weight excluding hydrogens is 316 g/mol. The number of halogens is 1. The number of hydrogen-bond donors (Lipinski definition) is 0. The molecule has 0 unspecified atom stereocenters. The highest BCUT2D eigenvalue weighted by atomic mass is 79.9. The smallest absolute Gasteiger partial charge is 0.192 e. The fourth-order valence-electron chi connectivity index (χ4n) is 1.42. The van der Waals surface area contributed by atoms with Crippen LogP contribution in [0.3, 0.4) is 0 Å². The number of hydrogen-bond acceptors (Lipinski definition) is 1. The summed E-state index contributed by atoms with van der Waals surface area (Å²) in [4.78, 5) is 0. The van der Waals surface area contributed by atoms with Crippen molar-refractivity contribution in [1.82, 2.24) is 0 Å². The van der Waals surface area contributed by atoms with Gasteiger partial charge >= 0.3 is 0 Å². The van der Waals surface area contributed by atoms with Crippen LogP contribution in [-0.4, -0.2) is 14.9 Å². The zero-order chi connectivity index (χ0) is 14.7. The van der Waals surface area contributed by atoms with Gasteiger partial charge in [0.1, 0.15) is 0 Å². The summed E-state index contributed by atoms with van der Waals surface area (Å²) in [6.07, 6.45) is 2.18. The first-order valence-corrected chi connectivity index (χ1v) is 10.4. The maximum atomic E-state index is 6.16. The molecule has 19 heavy (non-hydrogen) atoms. The third-order valence-electron chi connectivity index (χ3n) is 3.94. The maximum absolute atomic E-state index is 6.16. The predicted octanol–water partition coefficient (Wildman–Crippen LogP) is 5.87. The molecule has 0 aromatic heterocycles. The minimum Gasteiger partial charge on any atom is -0.413 e.